The summed E-state index contributed by atoms with van der Waals surface area (Å²) in [6.07, 6.45) is 4.80. The van der Waals surface area contributed by atoms with Gasteiger partial charge in [-0.15, -0.1) is 4.91 Å². The molecule has 1 aliphatic carbocycles. The largest absolute Gasteiger partial charge is 2.00 e. The summed E-state index contributed by atoms with van der Waals surface area (Å²) in [4.78, 5) is 8.11. The first-order chi connectivity index (χ1) is 5.22. The van der Waals surface area contributed by atoms with Crippen LogP contribution in [0, 0.1) is 4.91 Å². The molecule has 5 N–H and O–H groups in total. The summed E-state index contributed by atoms with van der Waals surface area (Å²) >= 11 is 0. The van der Waals surface area contributed by atoms with E-state index in [0.29, 0.717) is 0 Å². The zero-order valence-corrected chi connectivity index (χ0v) is 10.2. The van der Waals surface area contributed by atoms with Gasteiger partial charge in [0.25, 0.3) is 0 Å². The van der Waals surface area contributed by atoms with Gasteiger partial charge < -0.3 is 29.1 Å². The van der Waals surface area contributed by atoms with Crippen molar-refractivity contribution in [1.29, 1.82) is 0 Å². The van der Waals surface area contributed by atoms with Crippen molar-refractivity contribution in [3.8, 4) is 0 Å². The fraction of sp³-hybridized carbons (Fsp3) is 1.00. The molecule has 0 saturated heterocycles. The molecule has 1 fully saturated rings. The molecule has 0 aliphatic heterocycles. The molecule has 0 spiro atoms. The van der Waals surface area contributed by atoms with Crippen LogP contribution in [0.1, 0.15) is 25.7 Å². The van der Waals surface area contributed by atoms with Crippen molar-refractivity contribution in [2.24, 2.45) is 16.8 Å². The Balaban J connectivity index is -0.000000180. The number of hydrogen-bond acceptors (Lipinski definition) is 4. The Morgan fingerprint density at radius 3 is 1.54 bits per heavy atom. The third kappa shape index (κ3) is 10.2. The Morgan fingerprint density at radius 1 is 1.15 bits per heavy atom. The minimum atomic E-state index is 0. The number of nitrogens with two attached hydrogens (primary N) is 2. The topological polar surface area (TPSA) is 102 Å². The molecule has 0 aromatic rings. The van der Waals surface area contributed by atoms with Crippen LogP contribution in [-0.2, 0) is 21.1 Å². The predicted molar refractivity (Wildman–Crippen MR) is 42.0 cm³/mol. The summed E-state index contributed by atoms with van der Waals surface area (Å²) in [6.45, 7) is 0. The van der Waals surface area contributed by atoms with Crippen LogP contribution in [0.5, 0.6) is 0 Å². The molecule has 5 nitrogen and oxygen atoms in total. The van der Waals surface area contributed by atoms with Gasteiger partial charge in [0.15, 0.2) is 5.34 Å². The van der Waals surface area contributed by atoms with Gasteiger partial charge in [-0.2, -0.15) is 0 Å². The summed E-state index contributed by atoms with van der Waals surface area (Å²) in [5.41, 5.74) is 11.3. The Hall–Kier alpha value is 0.298. The Bertz CT molecular complexity index is 110. The third-order valence-electron chi connectivity index (χ3n) is 1.87. The van der Waals surface area contributed by atoms with Gasteiger partial charge in [-0.3, -0.25) is 0 Å². The molecule has 0 aromatic heterocycles. The van der Waals surface area contributed by atoms with E-state index in [-0.39, 0.29) is 45.6 Å². The van der Waals surface area contributed by atoms with Crippen LogP contribution in [0.15, 0.2) is 5.34 Å². The van der Waals surface area contributed by atoms with Gasteiger partial charge in [0.1, 0.15) is 0 Å². The molecule has 1 aliphatic rings. The van der Waals surface area contributed by atoms with Gasteiger partial charge in [-0.05, 0) is 12.8 Å². The van der Waals surface area contributed by atoms with Gasteiger partial charge in [-0.1, -0.05) is 12.8 Å². The number of halogens is 1. The number of nitrogens with zero attached hydrogens (tertiary/aromatic N) is 1. The Morgan fingerprint density at radius 2 is 1.38 bits per heavy atom. The minimum absolute atomic E-state index is 0. The number of rotatable bonds is 0. The molecule has 0 aromatic carbocycles. The minimum Gasteiger partial charge on any atom is -1.00 e. The normalized spacial score (nSPS) is 25.4. The van der Waals surface area contributed by atoms with Crippen LogP contribution in [0.2, 0.25) is 0 Å². The molecule has 7 heteroatoms. The van der Waals surface area contributed by atoms with Gasteiger partial charge in [0, 0.05) is 12.1 Å². The van der Waals surface area contributed by atoms with E-state index in [4.69, 9.17) is 21.6 Å². The van der Waals surface area contributed by atoms with E-state index in [1.54, 1.807) is 0 Å². The standard InChI is InChI=1S/C6H14N2.ClH.HNO2.Pt/c7-5-3-1-2-4-6(5)8;;2-1-3;/h5-6H,1-4,7-8H2;1H;(H,2,3);/q;;;+2/p-1. The zero-order valence-electron chi connectivity index (χ0n) is 7.13. The third-order valence-corrected chi connectivity index (χ3v) is 1.87. The SMILES string of the molecule is NC1CCCCC1N.O=NO.[Cl-].[Pt+2]. The van der Waals surface area contributed by atoms with Crippen molar-refractivity contribution < 1.29 is 38.7 Å². The molecule has 2 atom stereocenters. The van der Waals surface area contributed by atoms with Gasteiger partial charge >= 0.3 is 21.1 Å². The molecule has 0 amide bonds. The molecule has 1 saturated carbocycles. The van der Waals surface area contributed by atoms with Crippen LogP contribution in [-0.4, -0.2) is 17.3 Å². The van der Waals surface area contributed by atoms with Crippen molar-refractivity contribution >= 4 is 0 Å². The summed E-state index contributed by atoms with van der Waals surface area (Å²) in [7, 11) is 0. The quantitative estimate of drug-likeness (QED) is 0.310. The van der Waals surface area contributed by atoms with Gasteiger partial charge in [0.05, 0.1) is 0 Å². The average Bonchev–Trinajstić information content (AvgIpc) is 1.97. The Labute approximate surface area is 98.2 Å². The van der Waals surface area contributed by atoms with Crippen LogP contribution >= 0.6 is 0 Å². The van der Waals surface area contributed by atoms with Crippen molar-refractivity contribution in [2.75, 3.05) is 0 Å². The van der Waals surface area contributed by atoms with E-state index >= 15 is 0 Å². The van der Waals surface area contributed by atoms with Crippen molar-refractivity contribution in [2.45, 2.75) is 37.8 Å². The van der Waals surface area contributed by atoms with E-state index < -0.39 is 0 Å². The number of hydrogen-bond donors (Lipinski definition) is 3. The molecule has 0 heterocycles. The smallest absolute Gasteiger partial charge is 1.00 e. The molecular formula is C6H15ClN3O2Pt+. The summed E-state index contributed by atoms with van der Waals surface area (Å²) in [5, 5.41) is 7.89. The molecule has 82 valence electrons. The van der Waals surface area contributed by atoms with E-state index in [0.717, 1.165) is 12.8 Å². The Kier molecular flexibility index (Phi) is 17.9. The second-order valence-corrected chi connectivity index (χ2v) is 2.69. The molecule has 13 heavy (non-hydrogen) atoms. The maximum Gasteiger partial charge on any atom is 2.00 e. The molecule has 0 radical (unpaired) electrons. The van der Waals surface area contributed by atoms with Gasteiger partial charge in [-0.25, -0.2) is 0 Å². The average molecular weight is 392 g/mol. The van der Waals surface area contributed by atoms with E-state index in [1.165, 1.54) is 18.2 Å². The second kappa shape index (κ2) is 12.3. The fourth-order valence-electron chi connectivity index (χ4n) is 1.19. The van der Waals surface area contributed by atoms with Crippen LogP contribution < -0.4 is 23.9 Å². The predicted octanol–water partition coefficient (Wildman–Crippen LogP) is -2.64. The molecule has 0 bridgehead atoms. The first-order valence-corrected chi connectivity index (χ1v) is 3.70. The summed E-state index contributed by atoms with van der Waals surface area (Å²) in [5.74, 6) is 0. The van der Waals surface area contributed by atoms with Crippen LogP contribution in [0.3, 0.4) is 0 Å². The zero-order chi connectivity index (χ0) is 8.69. The van der Waals surface area contributed by atoms with E-state index in [9.17, 15) is 0 Å². The second-order valence-electron chi connectivity index (χ2n) is 2.69. The first-order valence-electron chi connectivity index (χ1n) is 3.70. The van der Waals surface area contributed by atoms with Crippen LogP contribution in [0.25, 0.3) is 0 Å². The van der Waals surface area contributed by atoms with E-state index in [2.05, 4.69) is 0 Å². The van der Waals surface area contributed by atoms with Crippen molar-refractivity contribution in [3.05, 3.63) is 4.91 Å². The summed E-state index contributed by atoms with van der Waals surface area (Å²) in [6, 6.07) is 0.562. The van der Waals surface area contributed by atoms with Crippen molar-refractivity contribution in [1.82, 2.24) is 0 Å². The molecular weight excluding hydrogens is 377 g/mol. The fourth-order valence-corrected chi connectivity index (χ4v) is 1.19. The van der Waals surface area contributed by atoms with Crippen molar-refractivity contribution in [3.63, 3.8) is 0 Å². The van der Waals surface area contributed by atoms with E-state index in [1.807, 2.05) is 0 Å². The first kappa shape index (κ1) is 19.0. The monoisotopic (exact) mass is 391 g/mol. The maximum absolute atomic E-state index is 8.11. The molecule has 2 unspecified atom stereocenters. The van der Waals surface area contributed by atoms with Gasteiger partial charge in [0.2, 0.25) is 0 Å². The summed E-state index contributed by atoms with van der Waals surface area (Å²) < 4.78 is 0. The maximum atomic E-state index is 8.11. The van der Waals surface area contributed by atoms with Crippen LogP contribution in [0.4, 0.5) is 0 Å². The molecule has 1 rings (SSSR count).